The van der Waals surface area contributed by atoms with Crippen LogP contribution in [0.3, 0.4) is 0 Å². The first-order valence-electron chi connectivity index (χ1n) is 6.75. The summed E-state index contributed by atoms with van der Waals surface area (Å²) in [5.41, 5.74) is 5.72. The first-order valence-corrected chi connectivity index (χ1v) is 6.75. The first kappa shape index (κ1) is 15.2. The van der Waals surface area contributed by atoms with Crippen LogP contribution in [-0.2, 0) is 11.3 Å². The van der Waals surface area contributed by atoms with Crippen LogP contribution in [0, 0.1) is 11.8 Å². The third kappa shape index (κ3) is 6.19. The van der Waals surface area contributed by atoms with Gasteiger partial charge in [-0.3, -0.25) is 0 Å². The van der Waals surface area contributed by atoms with Crippen molar-refractivity contribution in [1.29, 1.82) is 0 Å². The maximum Gasteiger partial charge on any atom is 0.129 e. The lowest BCUT2D eigenvalue weighted by atomic mass is 9.96. The summed E-state index contributed by atoms with van der Waals surface area (Å²) < 4.78 is 10.7. The molecule has 0 aliphatic carbocycles. The van der Waals surface area contributed by atoms with Crippen LogP contribution >= 0.6 is 0 Å². The van der Waals surface area contributed by atoms with Gasteiger partial charge in [-0.15, -0.1) is 0 Å². The molecular weight excluding hydrogens is 228 g/mol. The largest absolute Gasteiger partial charge is 0.467 e. The van der Waals surface area contributed by atoms with Crippen molar-refractivity contribution in [2.24, 2.45) is 17.6 Å². The SMILES string of the molecule is CC(C)C(CN)CNCCCOCc1ccco1. The Kier molecular flexibility index (Phi) is 7.73. The molecular formula is C14H26N2O2. The molecule has 1 heterocycles. The minimum atomic E-state index is 0.560. The number of furan rings is 1. The van der Waals surface area contributed by atoms with Gasteiger partial charge in [0.05, 0.1) is 6.26 Å². The lowest BCUT2D eigenvalue weighted by Crippen LogP contribution is -2.32. The van der Waals surface area contributed by atoms with Crippen LogP contribution in [0.2, 0.25) is 0 Å². The van der Waals surface area contributed by atoms with Crippen molar-refractivity contribution in [3.63, 3.8) is 0 Å². The van der Waals surface area contributed by atoms with Crippen LogP contribution < -0.4 is 11.1 Å². The summed E-state index contributed by atoms with van der Waals surface area (Å²) in [6.07, 6.45) is 2.68. The van der Waals surface area contributed by atoms with E-state index in [0.29, 0.717) is 18.4 Å². The Morgan fingerprint density at radius 2 is 2.28 bits per heavy atom. The molecule has 0 aromatic carbocycles. The van der Waals surface area contributed by atoms with Crippen molar-refractivity contribution in [2.45, 2.75) is 26.9 Å². The number of hydrogen-bond acceptors (Lipinski definition) is 4. The molecule has 4 nitrogen and oxygen atoms in total. The molecule has 0 amide bonds. The highest BCUT2D eigenvalue weighted by molar-refractivity contribution is 4.95. The van der Waals surface area contributed by atoms with Gasteiger partial charge in [-0.05, 0) is 50.0 Å². The molecule has 0 aliphatic heterocycles. The number of nitrogens with one attached hydrogen (secondary N) is 1. The molecule has 1 rings (SSSR count). The highest BCUT2D eigenvalue weighted by atomic mass is 16.5. The number of nitrogens with two attached hydrogens (primary N) is 1. The average molecular weight is 254 g/mol. The quantitative estimate of drug-likeness (QED) is 0.627. The Balaban J connectivity index is 1.92. The predicted molar refractivity (Wildman–Crippen MR) is 73.2 cm³/mol. The molecule has 0 fully saturated rings. The maximum atomic E-state index is 5.72. The zero-order chi connectivity index (χ0) is 13.2. The van der Waals surface area contributed by atoms with Gasteiger partial charge in [-0.2, -0.15) is 0 Å². The highest BCUT2D eigenvalue weighted by Crippen LogP contribution is 2.07. The van der Waals surface area contributed by atoms with Gasteiger partial charge >= 0.3 is 0 Å². The molecule has 0 saturated carbocycles. The summed E-state index contributed by atoms with van der Waals surface area (Å²) in [6.45, 7) is 8.46. The number of hydrogen-bond donors (Lipinski definition) is 2. The standard InChI is InChI=1S/C14H26N2O2/c1-12(2)13(9-15)10-16-6-4-7-17-11-14-5-3-8-18-14/h3,5,8,12-13,16H,4,6-7,9-11,15H2,1-2H3. The summed E-state index contributed by atoms with van der Waals surface area (Å²) in [6, 6.07) is 3.80. The Hall–Kier alpha value is -0.840. The van der Waals surface area contributed by atoms with Crippen molar-refractivity contribution in [3.8, 4) is 0 Å². The van der Waals surface area contributed by atoms with Crippen LogP contribution in [0.15, 0.2) is 22.8 Å². The van der Waals surface area contributed by atoms with Crippen molar-refractivity contribution in [1.82, 2.24) is 5.32 Å². The normalized spacial score (nSPS) is 13.1. The Morgan fingerprint density at radius 1 is 1.44 bits per heavy atom. The predicted octanol–water partition coefficient (Wildman–Crippen LogP) is 2.01. The average Bonchev–Trinajstić information content (AvgIpc) is 2.85. The molecule has 18 heavy (non-hydrogen) atoms. The molecule has 1 atom stereocenters. The van der Waals surface area contributed by atoms with Gasteiger partial charge in [-0.25, -0.2) is 0 Å². The van der Waals surface area contributed by atoms with Crippen LogP contribution in [0.1, 0.15) is 26.0 Å². The maximum absolute atomic E-state index is 5.72. The minimum Gasteiger partial charge on any atom is -0.467 e. The van der Waals surface area contributed by atoms with Crippen molar-refractivity contribution >= 4 is 0 Å². The van der Waals surface area contributed by atoms with E-state index in [1.807, 2.05) is 12.1 Å². The third-order valence-electron chi connectivity index (χ3n) is 3.12. The third-order valence-corrected chi connectivity index (χ3v) is 3.12. The highest BCUT2D eigenvalue weighted by Gasteiger charge is 2.09. The number of rotatable bonds is 10. The fourth-order valence-corrected chi connectivity index (χ4v) is 1.75. The Bertz CT molecular complexity index is 286. The molecule has 4 heteroatoms. The summed E-state index contributed by atoms with van der Waals surface area (Å²) in [5.74, 6) is 2.08. The molecule has 0 radical (unpaired) electrons. The topological polar surface area (TPSA) is 60.4 Å². The summed E-state index contributed by atoms with van der Waals surface area (Å²) in [7, 11) is 0. The summed E-state index contributed by atoms with van der Waals surface area (Å²) in [5, 5.41) is 3.43. The summed E-state index contributed by atoms with van der Waals surface area (Å²) in [4.78, 5) is 0. The molecule has 0 bridgehead atoms. The minimum absolute atomic E-state index is 0.560. The van der Waals surface area contributed by atoms with Gasteiger partial charge in [0.1, 0.15) is 12.4 Å². The molecule has 0 saturated heterocycles. The molecule has 104 valence electrons. The number of ether oxygens (including phenoxy) is 1. The Labute approximate surface area is 110 Å². The van der Waals surface area contributed by atoms with Gasteiger partial charge in [0.2, 0.25) is 0 Å². The molecule has 0 aliphatic rings. The van der Waals surface area contributed by atoms with E-state index in [9.17, 15) is 0 Å². The lowest BCUT2D eigenvalue weighted by molar-refractivity contribution is 0.104. The van der Waals surface area contributed by atoms with Crippen molar-refractivity contribution in [3.05, 3.63) is 24.2 Å². The molecule has 0 spiro atoms. The van der Waals surface area contributed by atoms with Gasteiger partial charge in [0.15, 0.2) is 0 Å². The van der Waals surface area contributed by atoms with E-state index >= 15 is 0 Å². The fraction of sp³-hybridized carbons (Fsp3) is 0.714. The van der Waals surface area contributed by atoms with Crippen LogP contribution in [-0.4, -0.2) is 26.2 Å². The zero-order valence-electron chi connectivity index (χ0n) is 11.5. The van der Waals surface area contributed by atoms with Gasteiger partial charge < -0.3 is 20.2 Å². The fourth-order valence-electron chi connectivity index (χ4n) is 1.75. The van der Waals surface area contributed by atoms with Crippen molar-refractivity contribution in [2.75, 3.05) is 26.2 Å². The molecule has 1 aromatic rings. The van der Waals surface area contributed by atoms with Crippen LogP contribution in [0.25, 0.3) is 0 Å². The molecule has 1 unspecified atom stereocenters. The smallest absolute Gasteiger partial charge is 0.129 e. The molecule has 3 N–H and O–H groups in total. The zero-order valence-corrected chi connectivity index (χ0v) is 11.5. The van der Waals surface area contributed by atoms with E-state index in [1.54, 1.807) is 6.26 Å². The molecule has 1 aromatic heterocycles. The van der Waals surface area contributed by atoms with E-state index in [0.717, 1.165) is 38.4 Å². The van der Waals surface area contributed by atoms with Gasteiger partial charge in [0, 0.05) is 6.61 Å². The van der Waals surface area contributed by atoms with E-state index in [4.69, 9.17) is 14.9 Å². The van der Waals surface area contributed by atoms with Gasteiger partial charge in [0.25, 0.3) is 0 Å². The summed E-state index contributed by atoms with van der Waals surface area (Å²) >= 11 is 0. The van der Waals surface area contributed by atoms with E-state index in [1.165, 1.54) is 0 Å². The van der Waals surface area contributed by atoms with E-state index in [-0.39, 0.29) is 0 Å². The van der Waals surface area contributed by atoms with Crippen LogP contribution in [0.4, 0.5) is 0 Å². The first-order chi connectivity index (χ1) is 8.74. The Morgan fingerprint density at radius 3 is 2.89 bits per heavy atom. The van der Waals surface area contributed by atoms with E-state index < -0.39 is 0 Å². The van der Waals surface area contributed by atoms with Crippen molar-refractivity contribution < 1.29 is 9.15 Å². The second-order valence-electron chi connectivity index (χ2n) is 4.93. The second-order valence-corrected chi connectivity index (χ2v) is 4.93. The van der Waals surface area contributed by atoms with E-state index in [2.05, 4.69) is 19.2 Å². The monoisotopic (exact) mass is 254 g/mol. The lowest BCUT2D eigenvalue weighted by Gasteiger charge is -2.19. The second kappa shape index (κ2) is 9.14. The van der Waals surface area contributed by atoms with Gasteiger partial charge in [-0.1, -0.05) is 13.8 Å². The van der Waals surface area contributed by atoms with Crippen LogP contribution in [0.5, 0.6) is 0 Å².